The number of carbonyl (C=O) groups is 1. The standard InChI is InChI=1S/C16H17N3O4S2/c1-11(9-17)19-16(21)15-14(7-8-24-15)25(22,23)18-10-13(20)12-5-3-2-4-6-12/h2-8,11,13,18,20H,10H2,1H3,(H,19,21). The minimum Gasteiger partial charge on any atom is -0.387 e. The molecule has 1 aromatic heterocycles. The third kappa shape index (κ3) is 4.87. The first-order chi connectivity index (χ1) is 11.8. The van der Waals surface area contributed by atoms with Gasteiger partial charge >= 0.3 is 0 Å². The maximum Gasteiger partial charge on any atom is 0.263 e. The average molecular weight is 379 g/mol. The number of aliphatic hydroxyl groups excluding tert-OH is 1. The summed E-state index contributed by atoms with van der Waals surface area (Å²) in [6, 6.07) is 11.1. The lowest BCUT2D eigenvalue weighted by Crippen LogP contribution is -2.33. The Morgan fingerprint density at radius 1 is 1.32 bits per heavy atom. The minimum absolute atomic E-state index is 0.0104. The summed E-state index contributed by atoms with van der Waals surface area (Å²) in [7, 11) is -3.98. The molecule has 0 fully saturated rings. The van der Waals surface area contributed by atoms with Crippen molar-refractivity contribution in [3.8, 4) is 6.07 Å². The lowest BCUT2D eigenvalue weighted by Gasteiger charge is -2.13. The van der Waals surface area contributed by atoms with E-state index in [1.165, 1.54) is 18.4 Å². The molecule has 0 radical (unpaired) electrons. The zero-order valence-corrected chi connectivity index (χ0v) is 15.0. The van der Waals surface area contributed by atoms with Gasteiger partial charge in [0.15, 0.2) is 0 Å². The van der Waals surface area contributed by atoms with Crippen LogP contribution in [0.15, 0.2) is 46.7 Å². The Morgan fingerprint density at radius 2 is 2.00 bits per heavy atom. The summed E-state index contributed by atoms with van der Waals surface area (Å²) in [5.41, 5.74) is 0.580. The highest BCUT2D eigenvalue weighted by Gasteiger charge is 2.25. The number of nitriles is 1. The molecule has 0 saturated heterocycles. The fraction of sp³-hybridized carbons (Fsp3) is 0.250. The zero-order chi connectivity index (χ0) is 18.4. The van der Waals surface area contributed by atoms with Crippen LogP contribution in [0, 0.1) is 11.3 Å². The van der Waals surface area contributed by atoms with Crippen LogP contribution in [0.3, 0.4) is 0 Å². The Morgan fingerprint density at radius 3 is 2.64 bits per heavy atom. The minimum atomic E-state index is -3.98. The number of carbonyl (C=O) groups excluding carboxylic acids is 1. The SMILES string of the molecule is CC(C#N)NC(=O)c1sccc1S(=O)(=O)NCC(O)c1ccccc1. The van der Waals surface area contributed by atoms with Gasteiger partial charge in [0.05, 0.1) is 12.2 Å². The summed E-state index contributed by atoms with van der Waals surface area (Å²) in [5, 5.41) is 22.7. The molecule has 1 amide bonds. The van der Waals surface area contributed by atoms with Crippen molar-refractivity contribution < 1.29 is 18.3 Å². The van der Waals surface area contributed by atoms with Crippen LogP contribution in [0.5, 0.6) is 0 Å². The first-order valence-corrected chi connectivity index (χ1v) is 9.72. The van der Waals surface area contributed by atoms with Crippen molar-refractivity contribution in [1.82, 2.24) is 10.0 Å². The smallest absolute Gasteiger partial charge is 0.263 e. The van der Waals surface area contributed by atoms with Gasteiger partial charge in [-0.15, -0.1) is 11.3 Å². The summed E-state index contributed by atoms with van der Waals surface area (Å²) in [6.45, 7) is 1.27. The molecule has 2 unspecified atom stereocenters. The molecule has 2 aromatic rings. The molecular formula is C16H17N3O4S2. The Balaban J connectivity index is 2.12. The van der Waals surface area contributed by atoms with E-state index in [1.54, 1.807) is 30.3 Å². The van der Waals surface area contributed by atoms with Crippen LogP contribution >= 0.6 is 11.3 Å². The van der Waals surface area contributed by atoms with E-state index in [1.807, 2.05) is 6.07 Å². The van der Waals surface area contributed by atoms with E-state index in [4.69, 9.17) is 5.26 Å². The van der Waals surface area contributed by atoms with E-state index in [-0.39, 0.29) is 16.3 Å². The van der Waals surface area contributed by atoms with Crippen molar-refractivity contribution in [1.29, 1.82) is 5.26 Å². The van der Waals surface area contributed by atoms with Gasteiger partial charge in [0.25, 0.3) is 5.91 Å². The first kappa shape index (κ1) is 19.1. The Bertz CT molecular complexity index is 872. The number of sulfonamides is 1. The maximum atomic E-state index is 12.4. The van der Waals surface area contributed by atoms with Gasteiger partial charge in [-0.2, -0.15) is 5.26 Å². The van der Waals surface area contributed by atoms with Gasteiger partial charge in [-0.05, 0) is 23.9 Å². The van der Waals surface area contributed by atoms with Crippen LogP contribution in [-0.2, 0) is 10.0 Å². The average Bonchev–Trinajstić information content (AvgIpc) is 3.11. The first-order valence-electron chi connectivity index (χ1n) is 7.36. The lowest BCUT2D eigenvalue weighted by molar-refractivity contribution is 0.0949. The molecule has 9 heteroatoms. The maximum absolute atomic E-state index is 12.4. The van der Waals surface area contributed by atoms with Crippen molar-refractivity contribution in [2.24, 2.45) is 0 Å². The van der Waals surface area contributed by atoms with Gasteiger partial charge in [-0.1, -0.05) is 30.3 Å². The second kappa shape index (κ2) is 8.22. The van der Waals surface area contributed by atoms with Crippen LogP contribution < -0.4 is 10.0 Å². The van der Waals surface area contributed by atoms with Gasteiger partial charge in [-0.3, -0.25) is 4.79 Å². The molecule has 3 N–H and O–H groups in total. The van der Waals surface area contributed by atoms with Gasteiger partial charge in [0, 0.05) is 6.54 Å². The highest BCUT2D eigenvalue weighted by molar-refractivity contribution is 7.89. The normalized spacial score (nSPS) is 13.6. The predicted molar refractivity (Wildman–Crippen MR) is 93.5 cm³/mol. The van der Waals surface area contributed by atoms with E-state index in [9.17, 15) is 18.3 Å². The molecule has 2 atom stereocenters. The molecule has 25 heavy (non-hydrogen) atoms. The number of hydrogen-bond donors (Lipinski definition) is 3. The van der Waals surface area contributed by atoms with Gasteiger partial charge in [0.2, 0.25) is 10.0 Å². The van der Waals surface area contributed by atoms with Crippen LogP contribution in [0.4, 0.5) is 0 Å². The van der Waals surface area contributed by atoms with Gasteiger partial charge in [-0.25, -0.2) is 13.1 Å². The largest absolute Gasteiger partial charge is 0.387 e. The number of nitrogens with one attached hydrogen (secondary N) is 2. The molecule has 2 rings (SSSR count). The third-order valence-corrected chi connectivity index (χ3v) is 5.83. The molecule has 1 aromatic carbocycles. The van der Waals surface area contributed by atoms with E-state index >= 15 is 0 Å². The van der Waals surface area contributed by atoms with Crippen LogP contribution in [-0.4, -0.2) is 32.0 Å². The predicted octanol–water partition coefficient (Wildman–Crippen LogP) is 1.40. The number of benzene rings is 1. The molecule has 132 valence electrons. The number of nitrogens with zero attached hydrogens (tertiary/aromatic N) is 1. The quantitative estimate of drug-likeness (QED) is 0.672. The monoisotopic (exact) mass is 379 g/mol. The second-order valence-corrected chi connectivity index (χ2v) is 7.87. The van der Waals surface area contributed by atoms with Crippen LogP contribution in [0.1, 0.15) is 28.3 Å². The van der Waals surface area contributed by atoms with E-state index in [0.717, 1.165) is 11.3 Å². The van der Waals surface area contributed by atoms with E-state index < -0.39 is 28.1 Å². The zero-order valence-electron chi connectivity index (χ0n) is 13.3. The third-order valence-electron chi connectivity index (χ3n) is 3.32. The summed E-state index contributed by atoms with van der Waals surface area (Å²) in [5.74, 6) is -0.631. The number of thiophene rings is 1. The molecule has 1 heterocycles. The van der Waals surface area contributed by atoms with Crippen LogP contribution in [0.2, 0.25) is 0 Å². The van der Waals surface area contributed by atoms with Crippen molar-refractivity contribution >= 4 is 27.3 Å². The number of rotatable bonds is 7. The van der Waals surface area contributed by atoms with E-state index in [0.29, 0.717) is 5.56 Å². The molecule has 0 bridgehead atoms. The van der Waals surface area contributed by atoms with Gasteiger partial charge < -0.3 is 10.4 Å². The van der Waals surface area contributed by atoms with Crippen molar-refractivity contribution in [3.63, 3.8) is 0 Å². The summed E-state index contributed by atoms with van der Waals surface area (Å²) < 4.78 is 27.2. The Labute approximate surface area is 150 Å². The second-order valence-electron chi connectivity index (χ2n) is 5.22. The van der Waals surface area contributed by atoms with E-state index in [2.05, 4.69) is 10.0 Å². The number of hydrogen-bond acceptors (Lipinski definition) is 6. The molecule has 0 aliphatic heterocycles. The van der Waals surface area contributed by atoms with Gasteiger partial charge in [0.1, 0.15) is 15.8 Å². The number of aliphatic hydroxyl groups is 1. The fourth-order valence-corrected chi connectivity index (χ4v) is 4.40. The molecular weight excluding hydrogens is 362 g/mol. The highest BCUT2D eigenvalue weighted by atomic mass is 32.2. The van der Waals surface area contributed by atoms with Crippen molar-refractivity contribution in [2.45, 2.75) is 24.0 Å². The number of amides is 1. The summed E-state index contributed by atoms with van der Waals surface area (Å²) in [6.07, 6.45) is -1.01. The lowest BCUT2D eigenvalue weighted by atomic mass is 10.1. The Hall–Kier alpha value is -2.25. The summed E-state index contributed by atoms with van der Waals surface area (Å²) >= 11 is 0.965. The topological polar surface area (TPSA) is 119 Å². The molecule has 7 nitrogen and oxygen atoms in total. The van der Waals surface area contributed by atoms with Crippen molar-refractivity contribution in [2.75, 3.05) is 6.54 Å². The molecule has 0 aliphatic carbocycles. The Kier molecular flexibility index (Phi) is 6.27. The molecule has 0 spiro atoms. The molecule has 0 saturated carbocycles. The fourth-order valence-electron chi connectivity index (χ4n) is 2.03. The van der Waals surface area contributed by atoms with Crippen molar-refractivity contribution in [3.05, 3.63) is 52.2 Å². The summed E-state index contributed by atoms with van der Waals surface area (Å²) in [4.78, 5) is 11.9. The highest BCUT2D eigenvalue weighted by Crippen LogP contribution is 2.22. The molecule has 0 aliphatic rings. The van der Waals surface area contributed by atoms with Crippen LogP contribution in [0.25, 0.3) is 0 Å².